The van der Waals surface area contributed by atoms with Crippen molar-refractivity contribution in [2.75, 3.05) is 12.4 Å². The minimum absolute atomic E-state index is 0.151. The van der Waals surface area contributed by atoms with Crippen LogP contribution < -0.4 is 10.1 Å². The number of methoxy groups -OCH3 is 1. The van der Waals surface area contributed by atoms with Crippen molar-refractivity contribution in [3.05, 3.63) is 52.2 Å². The Bertz CT molecular complexity index is 685. The molecule has 0 saturated heterocycles. The van der Waals surface area contributed by atoms with Gasteiger partial charge in [-0.2, -0.15) is 0 Å². The minimum atomic E-state index is -0.693. The summed E-state index contributed by atoms with van der Waals surface area (Å²) in [7, 11) is 1.51. The van der Waals surface area contributed by atoms with Crippen molar-refractivity contribution in [3.8, 4) is 11.5 Å². The Morgan fingerprint density at radius 3 is 2.57 bits per heavy atom. The SMILES string of the molecule is COc1ccc(C(=O)Nc2ncc([N+](=O)[O-])cc2O)cc1. The summed E-state index contributed by atoms with van der Waals surface area (Å²) in [4.78, 5) is 25.4. The lowest BCUT2D eigenvalue weighted by Crippen LogP contribution is -2.13. The Kier molecular flexibility index (Phi) is 3.98. The Balaban J connectivity index is 2.17. The van der Waals surface area contributed by atoms with Crippen LogP contribution in [0.2, 0.25) is 0 Å². The number of rotatable bonds is 4. The fourth-order valence-electron chi connectivity index (χ4n) is 1.56. The number of nitrogens with one attached hydrogen (secondary N) is 1. The molecule has 0 atom stereocenters. The van der Waals surface area contributed by atoms with E-state index in [1.165, 1.54) is 19.2 Å². The van der Waals surface area contributed by atoms with Gasteiger partial charge in [-0.25, -0.2) is 4.98 Å². The third kappa shape index (κ3) is 3.24. The molecular weight excluding hydrogens is 278 g/mol. The lowest BCUT2D eigenvalue weighted by atomic mass is 10.2. The number of nitrogens with zero attached hydrogens (tertiary/aromatic N) is 2. The van der Waals surface area contributed by atoms with Gasteiger partial charge in [-0.05, 0) is 24.3 Å². The second-order valence-electron chi connectivity index (χ2n) is 4.00. The summed E-state index contributed by atoms with van der Waals surface area (Å²) in [5, 5.41) is 22.5. The summed E-state index contributed by atoms with van der Waals surface area (Å²) in [6, 6.07) is 7.21. The third-order valence-corrected chi connectivity index (χ3v) is 2.65. The summed E-state index contributed by atoms with van der Waals surface area (Å²) < 4.78 is 4.97. The van der Waals surface area contributed by atoms with Crippen molar-refractivity contribution >= 4 is 17.4 Å². The molecule has 1 amide bonds. The number of aromatic hydroxyl groups is 1. The Morgan fingerprint density at radius 2 is 2.05 bits per heavy atom. The molecule has 2 N–H and O–H groups in total. The molecule has 21 heavy (non-hydrogen) atoms. The van der Waals surface area contributed by atoms with Crippen molar-refractivity contribution in [3.63, 3.8) is 0 Å². The van der Waals surface area contributed by atoms with E-state index in [2.05, 4.69) is 10.3 Å². The van der Waals surface area contributed by atoms with E-state index in [4.69, 9.17) is 4.74 Å². The number of ether oxygens (including phenoxy) is 1. The number of hydrogen-bond donors (Lipinski definition) is 2. The molecule has 8 heteroatoms. The van der Waals surface area contributed by atoms with Crippen LogP contribution in [0.15, 0.2) is 36.5 Å². The predicted molar refractivity (Wildman–Crippen MR) is 73.5 cm³/mol. The molecule has 0 radical (unpaired) electrons. The van der Waals surface area contributed by atoms with E-state index in [1.807, 2.05) is 0 Å². The molecule has 0 aliphatic rings. The van der Waals surface area contributed by atoms with E-state index in [0.717, 1.165) is 12.3 Å². The number of amides is 1. The van der Waals surface area contributed by atoms with Gasteiger partial charge in [0.1, 0.15) is 11.9 Å². The highest BCUT2D eigenvalue weighted by Gasteiger charge is 2.14. The van der Waals surface area contributed by atoms with Crippen molar-refractivity contribution in [2.45, 2.75) is 0 Å². The van der Waals surface area contributed by atoms with Crippen LogP contribution in [0.25, 0.3) is 0 Å². The van der Waals surface area contributed by atoms with E-state index in [0.29, 0.717) is 11.3 Å². The molecular formula is C13H11N3O5. The summed E-state index contributed by atoms with van der Waals surface area (Å²) in [5.41, 5.74) is -0.0368. The largest absolute Gasteiger partial charge is 0.504 e. The van der Waals surface area contributed by atoms with Gasteiger partial charge < -0.3 is 15.2 Å². The van der Waals surface area contributed by atoms with Crippen LogP contribution >= 0.6 is 0 Å². The van der Waals surface area contributed by atoms with Crippen molar-refractivity contribution in [1.29, 1.82) is 0 Å². The van der Waals surface area contributed by atoms with E-state index < -0.39 is 16.6 Å². The molecule has 0 unspecified atom stereocenters. The number of carbonyl (C=O) groups is 1. The predicted octanol–water partition coefficient (Wildman–Crippen LogP) is 1.96. The number of benzene rings is 1. The van der Waals surface area contributed by atoms with Gasteiger partial charge >= 0.3 is 0 Å². The number of hydrogen-bond acceptors (Lipinski definition) is 6. The molecule has 1 aromatic carbocycles. The zero-order valence-electron chi connectivity index (χ0n) is 10.9. The highest BCUT2D eigenvalue weighted by Crippen LogP contribution is 2.25. The molecule has 0 saturated carbocycles. The first-order chi connectivity index (χ1) is 10.0. The number of anilines is 1. The van der Waals surface area contributed by atoms with Crippen molar-refractivity contribution < 1.29 is 19.6 Å². The molecule has 2 aromatic rings. The Labute approximate surface area is 119 Å². The number of pyridine rings is 1. The second-order valence-corrected chi connectivity index (χ2v) is 4.00. The summed E-state index contributed by atoms with van der Waals surface area (Å²) in [6.07, 6.45) is 0.948. The Morgan fingerprint density at radius 1 is 1.38 bits per heavy atom. The van der Waals surface area contributed by atoms with E-state index in [-0.39, 0.29) is 11.5 Å². The van der Waals surface area contributed by atoms with Crippen LogP contribution in [0.4, 0.5) is 11.5 Å². The van der Waals surface area contributed by atoms with Gasteiger partial charge in [-0.1, -0.05) is 0 Å². The number of carbonyl (C=O) groups excluding carboxylic acids is 1. The smallest absolute Gasteiger partial charge is 0.291 e. The van der Waals surface area contributed by atoms with Crippen LogP contribution in [0.5, 0.6) is 11.5 Å². The summed E-state index contributed by atoms with van der Waals surface area (Å²) >= 11 is 0. The molecule has 1 heterocycles. The zero-order valence-corrected chi connectivity index (χ0v) is 10.9. The van der Waals surface area contributed by atoms with Crippen LogP contribution in [-0.4, -0.2) is 28.0 Å². The van der Waals surface area contributed by atoms with Crippen LogP contribution in [0, 0.1) is 10.1 Å². The van der Waals surface area contributed by atoms with Gasteiger partial charge in [-0.3, -0.25) is 14.9 Å². The van der Waals surface area contributed by atoms with E-state index >= 15 is 0 Å². The van der Waals surface area contributed by atoms with E-state index in [9.17, 15) is 20.0 Å². The highest BCUT2D eigenvalue weighted by atomic mass is 16.6. The monoisotopic (exact) mass is 289 g/mol. The Hall–Kier alpha value is -3.16. The number of aromatic nitrogens is 1. The van der Waals surface area contributed by atoms with Gasteiger partial charge in [0.25, 0.3) is 11.6 Å². The summed E-state index contributed by atoms with van der Waals surface area (Å²) in [6.45, 7) is 0. The molecule has 0 aliphatic carbocycles. The first-order valence-electron chi connectivity index (χ1n) is 5.80. The molecule has 0 spiro atoms. The molecule has 2 rings (SSSR count). The molecule has 0 bridgehead atoms. The topological polar surface area (TPSA) is 115 Å². The van der Waals surface area contributed by atoms with Crippen molar-refractivity contribution in [2.24, 2.45) is 0 Å². The quantitative estimate of drug-likeness (QED) is 0.656. The maximum Gasteiger partial charge on any atom is 0.291 e. The molecule has 0 aliphatic heterocycles. The lowest BCUT2D eigenvalue weighted by molar-refractivity contribution is -0.385. The highest BCUT2D eigenvalue weighted by molar-refractivity contribution is 6.04. The van der Waals surface area contributed by atoms with Gasteiger partial charge in [0, 0.05) is 5.56 Å². The number of nitro groups is 1. The second kappa shape index (κ2) is 5.87. The average molecular weight is 289 g/mol. The third-order valence-electron chi connectivity index (χ3n) is 2.65. The van der Waals surface area contributed by atoms with Gasteiger partial charge in [0.05, 0.1) is 18.1 Å². The molecule has 108 valence electrons. The van der Waals surface area contributed by atoms with Gasteiger partial charge in [0.2, 0.25) is 0 Å². The fourth-order valence-corrected chi connectivity index (χ4v) is 1.56. The normalized spacial score (nSPS) is 9.95. The summed E-state index contributed by atoms with van der Waals surface area (Å²) in [5.74, 6) is -0.537. The van der Waals surface area contributed by atoms with Gasteiger partial charge in [0.15, 0.2) is 11.6 Å². The van der Waals surface area contributed by atoms with Gasteiger partial charge in [-0.15, -0.1) is 0 Å². The standard InChI is InChI=1S/C13H11N3O5/c1-21-10-4-2-8(3-5-10)13(18)15-12-11(17)6-9(7-14-12)16(19)20/h2-7,17H,1H3,(H,14,15,18). The van der Waals surface area contributed by atoms with Crippen LogP contribution in [0.3, 0.4) is 0 Å². The first kappa shape index (κ1) is 14.3. The fraction of sp³-hybridized carbons (Fsp3) is 0.0769. The minimum Gasteiger partial charge on any atom is -0.504 e. The molecule has 8 nitrogen and oxygen atoms in total. The maximum absolute atomic E-state index is 11.9. The first-order valence-corrected chi connectivity index (χ1v) is 5.80. The molecule has 1 aromatic heterocycles. The van der Waals surface area contributed by atoms with E-state index in [1.54, 1.807) is 12.1 Å². The molecule has 0 fully saturated rings. The average Bonchev–Trinajstić information content (AvgIpc) is 2.49. The maximum atomic E-state index is 11.9. The zero-order chi connectivity index (χ0) is 15.4. The van der Waals surface area contributed by atoms with Crippen LogP contribution in [0.1, 0.15) is 10.4 Å². The van der Waals surface area contributed by atoms with Crippen LogP contribution in [-0.2, 0) is 0 Å². The lowest BCUT2D eigenvalue weighted by Gasteiger charge is -2.06. The van der Waals surface area contributed by atoms with Crippen molar-refractivity contribution in [1.82, 2.24) is 4.98 Å².